The summed E-state index contributed by atoms with van der Waals surface area (Å²) in [7, 11) is 0. The van der Waals surface area contributed by atoms with Gasteiger partial charge in [-0.15, -0.1) is 0 Å². The number of pyridine rings is 1. The SMILES string of the molecule is CC1(C(O)c2ccc(C(F)(F)F)nc2Cl)CCCCC1. The van der Waals surface area contributed by atoms with Crippen LogP contribution in [0, 0.1) is 5.41 Å². The first-order valence-electron chi connectivity index (χ1n) is 6.66. The van der Waals surface area contributed by atoms with Crippen molar-refractivity contribution in [3.8, 4) is 0 Å². The highest BCUT2D eigenvalue weighted by Crippen LogP contribution is 2.47. The van der Waals surface area contributed by atoms with Crippen LogP contribution in [0.2, 0.25) is 5.15 Å². The number of aliphatic hydroxyl groups excluding tert-OH is 1. The average molecular weight is 308 g/mol. The Bertz CT molecular complexity index is 484. The molecule has 0 aromatic carbocycles. The van der Waals surface area contributed by atoms with Gasteiger partial charge in [-0.2, -0.15) is 13.2 Å². The van der Waals surface area contributed by atoms with E-state index < -0.39 is 18.0 Å². The highest BCUT2D eigenvalue weighted by Gasteiger charge is 2.38. The van der Waals surface area contributed by atoms with Crippen LogP contribution in [-0.2, 0) is 6.18 Å². The molecule has 1 heterocycles. The molecule has 1 aliphatic carbocycles. The summed E-state index contributed by atoms with van der Waals surface area (Å²) in [6.07, 6.45) is -0.580. The zero-order valence-electron chi connectivity index (χ0n) is 11.2. The molecule has 1 unspecified atom stereocenters. The average Bonchev–Trinajstić information content (AvgIpc) is 2.37. The van der Waals surface area contributed by atoms with Crippen molar-refractivity contribution in [1.82, 2.24) is 4.98 Å². The van der Waals surface area contributed by atoms with Crippen LogP contribution in [0.4, 0.5) is 13.2 Å². The number of aromatic nitrogens is 1. The minimum atomic E-state index is -4.53. The molecule has 1 atom stereocenters. The first-order valence-corrected chi connectivity index (χ1v) is 7.03. The Kier molecular flexibility index (Phi) is 4.30. The fourth-order valence-corrected chi connectivity index (χ4v) is 3.07. The van der Waals surface area contributed by atoms with Gasteiger partial charge < -0.3 is 5.11 Å². The van der Waals surface area contributed by atoms with E-state index in [4.69, 9.17) is 11.6 Å². The van der Waals surface area contributed by atoms with E-state index in [1.807, 2.05) is 6.92 Å². The fourth-order valence-electron chi connectivity index (χ4n) is 2.82. The number of rotatable bonds is 2. The number of hydrogen-bond acceptors (Lipinski definition) is 2. The van der Waals surface area contributed by atoms with E-state index in [1.54, 1.807) is 0 Å². The Hall–Kier alpha value is -0.810. The molecular weight excluding hydrogens is 291 g/mol. The molecule has 20 heavy (non-hydrogen) atoms. The van der Waals surface area contributed by atoms with Gasteiger partial charge in [0.15, 0.2) is 0 Å². The summed E-state index contributed by atoms with van der Waals surface area (Å²) in [6, 6.07) is 2.11. The molecule has 0 radical (unpaired) electrons. The van der Waals surface area contributed by atoms with Crippen molar-refractivity contribution >= 4 is 11.6 Å². The highest BCUT2D eigenvalue weighted by atomic mass is 35.5. The molecule has 0 amide bonds. The molecule has 2 rings (SSSR count). The van der Waals surface area contributed by atoms with Crippen molar-refractivity contribution in [2.45, 2.75) is 51.3 Å². The van der Waals surface area contributed by atoms with E-state index in [-0.39, 0.29) is 16.1 Å². The van der Waals surface area contributed by atoms with Gasteiger partial charge in [-0.3, -0.25) is 0 Å². The Morgan fingerprint density at radius 2 is 1.85 bits per heavy atom. The van der Waals surface area contributed by atoms with E-state index in [0.717, 1.165) is 38.2 Å². The maximum atomic E-state index is 12.5. The van der Waals surface area contributed by atoms with Gasteiger partial charge in [0.05, 0.1) is 6.10 Å². The zero-order valence-corrected chi connectivity index (χ0v) is 11.9. The van der Waals surface area contributed by atoms with E-state index >= 15 is 0 Å². The van der Waals surface area contributed by atoms with Crippen LogP contribution < -0.4 is 0 Å². The summed E-state index contributed by atoms with van der Waals surface area (Å²) in [5.74, 6) is 0. The second-order valence-electron chi connectivity index (χ2n) is 5.69. The van der Waals surface area contributed by atoms with Gasteiger partial charge in [-0.25, -0.2) is 4.98 Å². The summed E-state index contributed by atoms with van der Waals surface area (Å²) in [4.78, 5) is 3.37. The molecule has 2 nitrogen and oxygen atoms in total. The lowest BCUT2D eigenvalue weighted by molar-refractivity contribution is -0.141. The number of halogens is 4. The maximum Gasteiger partial charge on any atom is 0.433 e. The predicted molar refractivity (Wildman–Crippen MR) is 70.4 cm³/mol. The largest absolute Gasteiger partial charge is 0.433 e. The third-order valence-corrected chi connectivity index (χ3v) is 4.42. The van der Waals surface area contributed by atoms with Crippen LogP contribution in [0.3, 0.4) is 0 Å². The van der Waals surface area contributed by atoms with Gasteiger partial charge in [0.1, 0.15) is 10.8 Å². The van der Waals surface area contributed by atoms with Gasteiger partial charge in [-0.1, -0.05) is 43.9 Å². The molecule has 1 aromatic rings. The Balaban J connectivity index is 2.28. The van der Waals surface area contributed by atoms with Crippen LogP contribution in [0.15, 0.2) is 12.1 Å². The van der Waals surface area contributed by atoms with Crippen molar-refractivity contribution in [3.63, 3.8) is 0 Å². The number of aliphatic hydroxyl groups is 1. The van der Waals surface area contributed by atoms with Gasteiger partial charge in [0, 0.05) is 5.56 Å². The van der Waals surface area contributed by atoms with E-state index in [2.05, 4.69) is 4.98 Å². The lowest BCUT2D eigenvalue weighted by atomic mass is 9.70. The Morgan fingerprint density at radius 1 is 1.25 bits per heavy atom. The maximum absolute atomic E-state index is 12.5. The molecule has 0 spiro atoms. The van der Waals surface area contributed by atoms with Crippen LogP contribution in [-0.4, -0.2) is 10.1 Å². The van der Waals surface area contributed by atoms with Crippen molar-refractivity contribution in [2.24, 2.45) is 5.41 Å². The van der Waals surface area contributed by atoms with Crippen LogP contribution >= 0.6 is 11.6 Å². The summed E-state index contributed by atoms with van der Waals surface area (Å²) < 4.78 is 37.6. The van der Waals surface area contributed by atoms with Gasteiger partial charge in [0.25, 0.3) is 0 Å². The molecule has 0 bridgehead atoms. The first-order chi connectivity index (χ1) is 9.24. The molecule has 112 valence electrons. The van der Waals surface area contributed by atoms with Crippen molar-refractivity contribution in [3.05, 3.63) is 28.5 Å². The van der Waals surface area contributed by atoms with Gasteiger partial charge >= 0.3 is 6.18 Å². The molecule has 1 fully saturated rings. The predicted octanol–water partition coefficient (Wildman–Crippen LogP) is 4.76. The second-order valence-corrected chi connectivity index (χ2v) is 6.05. The van der Waals surface area contributed by atoms with E-state index in [0.29, 0.717) is 0 Å². The standard InChI is InChI=1S/C14H17ClF3NO/c1-13(7-3-2-4-8-13)11(20)9-5-6-10(14(16,17)18)19-12(9)15/h5-6,11,20H,2-4,7-8H2,1H3. The normalized spacial score (nSPS) is 20.7. The van der Waals surface area contributed by atoms with Crippen molar-refractivity contribution < 1.29 is 18.3 Å². The quantitative estimate of drug-likeness (QED) is 0.799. The summed E-state index contributed by atoms with van der Waals surface area (Å²) in [5, 5.41) is 10.2. The second kappa shape index (κ2) is 5.53. The molecule has 0 aliphatic heterocycles. The molecule has 1 aliphatic rings. The van der Waals surface area contributed by atoms with Crippen LogP contribution in [0.1, 0.15) is 56.4 Å². The number of nitrogens with zero attached hydrogens (tertiary/aromatic N) is 1. The number of hydrogen-bond donors (Lipinski definition) is 1. The van der Waals surface area contributed by atoms with Gasteiger partial charge in [-0.05, 0) is 24.3 Å². The molecular formula is C14H17ClF3NO. The summed E-state index contributed by atoms with van der Waals surface area (Å²) in [5.41, 5.74) is -1.10. The van der Waals surface area contributed by atoms with Crippen LogP contribution in [0.5, 0.6) is 0 Å². The molecule has 1 N–H and O–H groups in total. The molecule has 1 aromatic heterocycles. The summed E-state index contributed by atoms with van der Waals surface area (Å²) >= 11 is 5.84. The van der Waals surface area contributed by atoms with Crippen molar-refractivity contribution in [2.75, 3.05) is 0 Å². The van der Waals surface area contributed by atoms with Crippen LogP contribution in [0.25, 0.3) is 0 Å². The molecule has 1 saturated carbocycles. The lowest BCUT2D eigenvalue weighted by Gasteiger charge is -2.38. The van der Waals surface area contributed by atoms with Crippen molar-refractivity contribution in [1.29, 1.82) is 0 Å². The fraction of sp³-hybridized carbons (Fsp3) is 0.643. The smallest absolute Gasteiger partial charge is 0.388 e. The third-order valence-electron chi connectivity index (χ3n) is 4.12. The molecule has 0 saturated heterocycles. The minimum absolute atomic E-state index is 0.265. The molecule has 6 heteroatoms. The number of alkyl halides is 3. The monoisotopic (exact) mass is 307 g/mol. The first kappa shape index (κ1) is 15.6. The topological polar surface area (TPSA) is 33.1 Å². The minimum Gasteiger partial charge on any atom is -0.388 e. The third kappa shape index (κ3) is 3.09. The van der Waals surface area contributed by atoms with Gasteiger partial charge in [0.2, 0.25) is 0 Å². The highest BCUT2D eigenvalue weighted by molar-refractivity contribution is 6.30. The zero-order chi connectivity index (χ0) is 15.0. The van der Waals surface area contributed by atoms with E-state index in [1.165, 1.54) is 6.07 Å². The Morgan fingerprint density at radius 3 is 2.35 bits per heavy atom. The van der Waals surface area contributed by atoms with E-state index in [9.17, 15) is 18.3 Å². The lowest BCUT2D eigenvalue weighted by Crippen LogP contribution is -2.28. The Labute approximate surface area is 121 Å². The summed E-state index contributed by atoms with van der Waals surface area (Å²) in [6.45, 7) is 1.95.